The summed E-state index contributed by atoms with van der Waals surface area (Å²) in [5.74, 6) is -1.15. The lowest BCUT2D eigenvalue weighted by Gasteiger charge is -2.33. The lowest BCUT2D eigenvalue weighted by atomic mass is 10.00. The molecule has 10 nitrogen and oxygen atoms in total. The van der Waals surface area contributed by atoms with Crippen LogP contribution in [0, 0.1) is 13.8 Å². The summed E-state index contributed by atoms with van der Waals surface area (Å²) in [5.41, 5.74) is 14.0. The third-order valence-electron chi connectivity index (χ3n) is 6.54. The van der Waals surface area contributed by atoms with Gasteiger partial charge in [0.2, 0.25) is 5.91 Å². The van der Waals surface area contributed by atoms with E-state index in [1.807, 2.05) is 39.0 Å². The van der Waals surface area contributed by atoms with E-state index in [-0.39, 0.29) is 28.3 Å². The normalized spacial score (nSPS) is 15.5. The average molecular weight is 552 g/mol. The van der Waals surface area contributed by atoms with E-state index in [1.54, 1.807) is 24.3 Å². The Hall–Kier alpha value is -3.96. The molecule has 0 radical (unpaired) electrons. The molecule has 1 aliphatic rings. The predicted molar refractivity (Wildman–Crippen MR) is 150 cm³/mol. The molecule has 1 aromatic heterocycles. The summed E-state index contributed by atoms with van der Waals surface area (Å²) in [6.45, 7) is 7.11. The predicted octanol–water partition coefficient (Wildman–Crippen LogP) is 3.52. The van der Waals surface area contributed by atoms with Crippen LogP contribution in [0.3, 0.4) is 0 Å². The van der Waals surface area contributed by atoms with Crippen molar-refractivity contribution in [1.82, 2.24) is 9.69 Å². The maximum Gasteiger partial charge on any atom is 0.273 e. The van der Waals surface area contributed by atoms with Gasteiger partial charge in [0.1, 0.15) is 16.7 Å². The van der Waals surface area contributed by atoms with E-state index in [4.69, 9.17) is 20.9 Å². The number of carbonyl (C=O) groups excluding carboxylic acids is 3. The fourth-order valence-corrected chi connectivity index (χ4v) is 5.27. The fourth-order valence-electron chi connectivity index (χ4n) is 4.53. The van der Waals surface area contributed by atoms with Gasteiger partial charge in [0.15, 0.2) is 5.69 Å². The third kappa shape index (κ3) is 6.21. The topological polar surface area (TPSA) is 150 Å². The summed E-state index contributed by atoms with van der Waals surface area (Å²) >= 11 is 0.774. The Labute approximate surface area is 231 Å². The molecule has 2 heterocycles. The number of primary amides is 1. The minimum Gasteiger partial charge on any atom is -0.494 e. The van der Waals surface area contributed by atoms with Gasteiger partial charge < -0.3 is 26.3 Å². The van der Waals surface area contributed by atoms with Crippen LogP contribution in [0.4, 0.5) is 11.4 Å². The van der Waals surface area contributed by atoms with Crippen molar-refractivity contribution < 1.29 is 23.9 Å². The maximum atomic E-state index is 14.2. The van der Waals surface area contributed by atoms with Crippen LogP contribution in [0.2, 0.25) is 0 Å². The van der Waals surface area contributed by atoms with E-state index in [9.17, 15) is 14.4 Å². The van der Waals surface area contributed by atoms with Crippen LogP contribution in [0.15, 0.2) is 42.5 Å². The molecule has 3 aromatic rings. The van der Waals surface area contributed by atoms with E-state index >= 15 is 0 Å². The summed E-state index contributed by atoms with van der Waals surface area (Å²) in [7, 11) is 0. The Morgan fingerprint density at radius 1 is 1.21 bits per heavy atom. The second-order valence-electron chi connectivity index (χ2n) is 9.39. The van der Waals surface area contributed by atoms with Gasteiger partial charge in [0.25, 0.3) is 11.8 Å². The van der Waals surface area contributed by atoms with Crippen LogP contribution in [0.5, 0.6) is 5.75 Å². The van der Waals surface area contributed by atoms with Crippen molar-refractivity contribution in [3.8, 4) is 5.75 Å². The summed E-state index contributed by atoms with van der Waals surface area (Å²) in [4.78, 5) is 41.5. The van der Waals surface area contributed by atoms with E-state index in [2.05, 4.69) is 9.69 Å². The molecule has 206 valence electrons. The molecule has 0 saturated carbocycles. The molecule has 1 aliphatic heterocycles. The summed E-state index contributed by atoms with van der Waals surface area (Å²) in [6, 6.07) is 11.6. The lowest BCUT2D eigenvalue weighted by Crippen LogP contribution is -2.46. The van der Waals surface area contributed by atoms with Crippen LogP contribution >= 0.6 is 11.5 Å². The molecule has 39 heavy (non-hydrogen) atoms. The van der Waals surface area contributed by atoms with Crippen LogP contribution < -0.4 is 26.4 Å². The largest absolute Gasteiger partial charge is 0.494 e. The number of anilines is 2. The molecule has 0 unspecified atom stereocenters. The molecular formula is C28H33N5O5S. The number of benzene rings is 2. The number of amides is 3. The standard InChI is InChI=1S/C28H33N5O5S/c1-4-37-19-11-9-18(10-12-19)24(27(35)31-15-20-6-5-13-38-20)33(21-14-16(2)7-8-17(21)3)28(36)25-22(29)23(26(30)34)32-39-25/h7-12,14,20,24H,4-6,13,15,29H2,1-3H3,(H2,30,34)(H,31,35)/t20-,24-/m0/s1. The van der Waals surface area contributed by atoms with Crippen molar-refractivity contribution >= 4 is 40.6 Å². The highest BCUT2D eigenvalue weighted by Gasteiger charge is 2.37. The number of rotatable bonds is 10. The molecule has 4 rings (SSSR count). The Kier molecular flexibility index (Phi) is 8.82. The minimum absolute atomic E-state index is 0.0209. The first-order valence-electron chi connectivity index (χ1n) is 12.8. The molecule has 3 amide bonds. The van der Waals surface area contributed by atoms with Crippen molar-refractivity contribution in [2.75, 3.05) is 30.4 Å². The molecule has 2 aromatic carbocycles. The summed E-state index contributed by atoms with van der Waals surface area (Å²) in [6.07, 6.45) is 1.69. The highest BCUT2D eigenvalue weighted by atomic mass is 32.1. The number of nitrogens with one attached hydrogen (secondary N) is 1. The van der Waals surface area contributed by atoms with Crippen molar-refractivity contribution in [2.45, 2.75) is 45.8 Å². The zero-order chi connectivity index (χ0) is 28.1. The van der Waals surface area contributed by atoms with Crippen molar-refractivity contribution in [2.24, 2.45) is 5.73 Å². The quantitative estimate of drug-likeness (QED) is 0.349. The fraction of sp³-hybridized carbons (Fsp3) is 0.357. The molecule has 0 aliphatic carbocycles. The molecule has 0 bridgehead atoms. The SMILES string of the molecule is CCOc1ccc([C@@H](C(=O)NC[C@@H]2CCCO2)N(C(=O)c2snc(C(N)=O)c2N)c2cc(C)ccc2C)cc1. The smallest absolute Gasteiger partial charge is 0.273 e. The van der Waals surface area contributed by atoms with Crippen LogP contribution in [0.25, 0.3) is 0 Å². The van der Waals surface area contributed by atoms with Crippen molar-refractivity contribution in [1.29, 1.82) is 0 Å². The monoisotopic (exact) mass is 551 g/mol. The van der Waals surface area contributed by atoms with Gasteiger partial charge in [-0.2, -0.15) is 4.37 Å². The van der Waals surface area contributed by atoms with Gasteiger partial charge in [-0.15, -0.1) is 0 Å². The van der Waals surface area contributed by atoms with Gasteiger partial charge >= 0.3 is 0 Å². The van der Waals surface area contributed by atoms with Crippen LogP contribution in [-0.2, 0) is 9.53 Å². The Bertz CT molecular complexity index is 1350. The molecular weight excluding hydrogens is 518 g/mol. The number of ether oxygens (including phenoxy) is 2. The average Bonchev–Trinajstić information content (AvgIpc) is 3.57. The molecule has 11 heteroatoms. The van der Waals surface area contributed by atoms with E-state index in [1.165, 1.54) is 4.90 Å². The second kappa shape index (κ2) is 12.3. The van der Waals surface area contributed by atoms with Crippen LogP contribution in [0.1, 0.15) is 62.7 Å². The molecule has 5 N–H and O–H groups in total. The van der Waals surface area contributed by atoms with E-state index < -0.39 is 17.9 Å². The first-order valence-corrected chi connectivity index (χ1v) is 13.6. The zero-order valence-corrected chi connectivity index (χ0v) is 23.0. The van der Waals surface area contributed by atoms with Gasteiger partial charge in [0.05, 0.1) is 18.4 Å². The number of nitrogens with zero attached hydrogens (tertiary/aromatic N) is 2. The summed E-state index contributed by atoms with van der Waals surface area (Å²) < 4.78 is 15.3. The van der Waals surface area contributed by atoms with E-state index in [0.29, 0.717) is 36.8 Å². The Balaban J connectivity index is 1.84. The van der Waals surface area contributed by atoms with Gasteiger partial charge in [-0.3, -0.25) is 19.3 Å². The number of aromatic nitrogens is 1. The number of aryl methyl sites for hydroxylation is 2. The Morgan fingerprint density at radius 3 is 2.56 bits per heavy atom. The number of nitrogen functional groups attached to an aromatic ring is 1. The number of hydrogen-bond donors (Lipinski definition) is 3. The maximum absolute atomic E-state index is 14.2. The molecule has 1 saturated heterocycles. The zero-order valence-electron chi connectivity index (χ0n) is 22.2. The Morgan fingerprint density at radius 2 is 1.95 bits per heavy atom. The van der Waals surface area contributed by atoms with Gasteiger partial charge in [-0.25, -0.2) is 0 Å². The molecule has 0 spiro atoms. The minimum atomic E-state index is -1.08. The molecule has 1 fully saturated rings. The second-order valence-corrected chi connectivity index (χ2v) is 10.2. The molecule has 2 atom stereocenters. The highest BCUT2D eigenvalue weighted by Crippen LogP contribution is 2.36. The van der Waals surface area contributed by atoms with Gasteiger partial charge in [-0.05, 0) is 80.0 Å². The highest BCUT2D eigenvalue weighted by molar-refractivity contribution is 7.09. The third-order valence-corrected chi connectivity index (χ3v) is 7.39. The lowest BCUT2D eigenvalue weighted by molar-refractivity contribution is -0.123. The number of hydrogen-bond acceptors (Lipinski definition) is 8. The summed E-state index contributed by atoms with van der Waals surface area (Å²) in [5, 5.41) is 2.98. The van der Waals surface area contributed by atoms with E-state index in [0.717, 1.165) is 35.5 Å². The number of carbonyl (C=O) groups is 3. The first kappa shape index (κ1) is 28.1. The number of nitrogens with two attached hydrogens (primary N) is 2. The first-order chi connectivity index (χ1) is 18.7. The van der Waals surface area contributed by atoms with Gasteiger partial charge in [-0.1, -0.05) is 24.3 Å². The van der Waals surface area contributed by atoms with Crippen LogP contribution in [-0.4, -0.2) is 48.0 Å². The van der Waals surface area contributed by atoms with Crippen molar-refractivity contribution in [3.05, 3.63) is 69.7 Å². The van der Waals surface area contributed by atoms with Gasteiger partial charge in [0, 0.05) is 18.8 Å². The van der Waals surface area contributed by atoms with Crippen molar-refractivity contribution in [3.63, 3.8) is 0 Å².